The van der Waals surface area contributed by atoms with E-state index in [-0.39, 0.29) is 5.97 Å². The number of rotatable bonds is 5. The van der Waals surface area contributed by atoms with Crippen LogP contribution in [0.3, 0.4) is 0 Å². The molecular weight excluding hydrogens is 477 g/mol. The fourth-order valence-electron chi connectivity index (χ4n) is 3.46. The van der Waals surface area contributed by atoms with Crippen molar-refractivity contribution in [3.8, 4) is 0 Å². The number of thiophene rings is 1. The van der Waals surface area contributed by atoms with Gasteiger partial charge in [0.25, 0.3) is 0 Å². The van der Waals surface area contributed by atoms with E-state index in [1.165, 1.54) is 12.0 Å². The molecule has 1 aliphatic rings. The number of aryl methyl sites for hydroxylation is 1. The molecule has 0 spiro atoms. The molecule has 11 heteroatoms. The quantitative estimate of drug-likeness (QED) is 0.373. The summed E-state index contributed by atoms with van der Waals surface area (Å²) in [5.74, 6) is -0.00720. The highest BCUT2D eigenvalue weighted by molar-refractivity contribution is 7.80. The maximum Gasteiger partial charge on any atom is 0.341 e. The maximum atomic E-state index is 12.4. The molecular formula is C20H19Cl2N5O2S2. The molecule has 2 heterocycles. The number of nitrogens with one attached hydrogen (secondary N) is 2. The molecule has 7 nitrogen and oxygen atoms in total. The molecule has 0 saturated heterocycles. The van der Waals surface area contributed by atoms with Crippen LogP contribution in [0.1, 0.15) is 39.2 Å². The Kier molecular flexibility index (Phi) is 6.76. The third-order valence-corrected chi connectivity index (χ3v) is 7.03. The second-order valence-corrected chi connectivity index (χ2v) is 9.33. The molecule has 31 heavy (non-hydrogen) atoms. The number of fused-ring (bicyclic) bond motifs is 1. The van der Waals surface area contributed by atoms with E-state index in [4.69, 9.17) is 40.2 Å². The van der Waals surface area contributed by atoms with E-state index in [2.05, 4.69) is 20.7 Å². The minimum atomic E-state index is -0.353. The van der Waals surface area contributed by atoms with E-state index in [9.17, 15) is 4.79 Å². The number of esters is 1. The van der Waals surface area contributed by atoms with Gasteiger partial charge in [0, 0.05) is 4.88 Å². The molecule has 0 radical (unpaired) electrons. The second-order valence-electron chi connectivity index (χ2n) is 7.00. The summed E-state index contributed by atoms with van der Waals surface area (Å²) in [5.41, 5.74) is 2.58. The van der Waals surface area contributed by atoms with Gasteiger partial charge in [-0.1, -0.05) is 29.3 Å². The van der Waals surface area contributed by atoms with E-state index < -0.39 is 0 Å². The molecule has 3 aromatic rings. The van der Waals surface area contributed by atoms with E-state index in [1.807, 2.05) is 6.07 Å². The predicted octanol–water partition coefficient (Wildman–Crippen LogP) is 5.17. The van der Waals surface area contributed by atoms with Gasteiger partial charge in [0.15, 0.2) is 5.11 Å². The average Bonchev–Trinajstić information content (AvgIpc) is 3.33. The van der Waals surface area contributed by atoms with Crippen molar-refractivity contribution in [2.24, 2.45) is 0 Å². The monoisotopic (exact) mass is 495 g/mol. The lowest BCUT2D eigenvalue weighted by Crippen LogP contribution is -2.21. The first-order valence-electron chi connectivity index (χ1n) is 9.59. The Labute approximate surface area is 198 Å². The van der Waals surface area contributed by atoms with Crippen molar-refractivity contribution in [1.29, 1.82) is 0 Å². The van der Waals surface area contributed by atoms with Crippen molar-refractivity contribution in [1.82, 2.24) is 14.8 Å². The van der Waals surface area contributed by atoms with E-state index in [0.717, 1.165) is 36.8 Å². The number of carbonyl (C=O) groups is 1. The van der Waals surface area contributed by atoms with Gasteiger partial charge in [-0.25, -0.2) is 14.5 Å². The number of thiocarbonyl (C=S) groups is 1. The molecule has 4 rings (SSSR count). The zero-order chi connectivity index (χ0) is 22.0. The van der Waals surface area contributed by atoms with Crippen LogP contribution in [0.25, 0.3) is 0 Å². The van der Waals surface area contributed by atoms with Crippen molar-refractivity contribution >= 4 is 68.8 Å². The Hall–Kier alpha value is -2.20. The summed E-state index contributed by atoms with van der Waals surface area (Å²) in [4.78, 5) is 17.8. The van der Waals surface area contributed by atoms with Crippen LogP contribution in [-0.2, 0) is 24.1 Å². The van der Waals surface area contributed by atoms with Gasteiger partial charge in [-0.15, -0.1) is 16.4 Å². The normalized spacial score (nSPS) is 12.9. The fraction of sp³-hybridized carbons (Fsp3) is 0.300. The highest BCUT2D eigenvalue weighted by Crippen LogP contribution is 2.38. The first-order valence-corrected chi connectivity index (χ1v) is 11.6. The smallest absolute Gasteiger partial charge is 0.341 e. The molecule has 0 saturated carbocycles. The molecule has 0 atom stereocenters. The number of halogens is 2. The van der Waals surface area contributed by atoms with Crippen LogP contribution in [0.5, 0.6) is 0 Å². The van der Waals surface area contributed by atoms with Crippen LogP contribution in [0.4, 0.5) is 10.9 Å². The zero-order valence-electron chi connectivity index (χ0n) is 16.6. The largest absolute Gasteiger partial charge is 0.465 e. The van der Waals surface area contributed by atoms with Gasteiger partial charge in [0.1, 0.15) is 11.3 Å². The number of carbonyl (C=O) groups excluding carboxylic acids is 1. The number of methoxy groups -OCH3 is 1. The number of ether oxygens (including phenoxy) is 1. The predicted molar refractivity (Wildman–Crippen MR) is 128 cm³/mol. The highest BCUT2D eigenvalue weighted by Gasteiger charge is 2.26. The standard InChI is InChI=1S/C20H19Cl2N5O2S2/c1-29-18(28)16-12-4-2-3-5-15(12)31-17(16)24-20(30)25-19-23-10-27(26-19)9-11-6-7-13(21)14(22)8-11/h6-8,10H,2-5,9H2,1H3,(H2,24,25,26,30). The molecule has 1 aromatic carbocycles. The highest BCUT2D eigenvalue weighted by atomic mass is 35.5. The van der Waals surface area contributed by atoms with Gasteiger partial charge in [0.2, 0.25) is 5.95 Å². The topological polar surface area (TPSA) is 81.1 Å². The van der Waals surface area contributed by atoms with Crippen LogP contribution in [0.15, 0.2) is 24.5 Å². The van der Waals surface area contributed by atoms with Crippen LogP contribution in [0, 0.1) is 0 Å². The van der Waals surface area contributed by atoms with E-state index in [1.54, 1.807) is 34.5 Å². The van der Waals surface area contributed by atoms with Gasteiger partial charge in [-0.05, 0) is 61.2 Å². The van der Waals surface area contributed by atoms with Crippen molar-refractivity contribution < 1.29 is 9.53 Å². The number of hydrogen-bond donors (Lipinski definition) is 2. The molecule has 0 unspecified atom stereocenters. The van der Waals surface area contributed by atoms with Gasteiger partial charge < -0.3 is 10.1 Å². The number of nitrogens with zero attached hydrogens (tertiary/aromatic N) is 3. The minimum absolute atomic E-state index is 0.302. The summed E-state index contributed by atoms with van der Waals surface area (Å²) in [6.45, 7) is 0.482. The minimum Gasteiger partial charge on any atom is -0.465 e. The third-order valence-electron chi connectivity index (χ3n) is 4.88. The molecule has 2 aromatic heterocycles. The Bertz CT molecular complexity index is 1140. The van der Waals surface area contributed by atoms with Gasteiger partial charge in [-0.2, -0.15) is 0 Å². The summed E-state index contributed by atoms with van der Waals surface area (Å²) in [7, 11) is 1.39. The van der Waals surface area contributed by atoms with Crippen molar-refractivity contribution in [3.63, 3.8) is 0 Å². The Morgan fingerprint density at radius 3 is 2.84 bits per heavy atom. The van der Waals surface area contributed by atoms with Gasteiger partial charge >= 0.3 is 5.97 Å². The SMILES string of the molecule is COC(=O)c1c(NC(=S)Nc2ncn(Cc3ccc(Cl)c(Cl)c3)n2)sc2c1CCCC2. The summed E-state index contributed by atoms with van der Waals surface area (Å²) in [5, 5.41) is 12.4. The lowest BCUT2D eigenvalue weighted by molar-refractivity contribution is 0.0601. The molecule has 0 amide bonds. The Morgan fingerprint density at radius 1 is 1.26 bits per heavy atom. The maximum absolute atomic E-state index is 12.4. The summed E-state index contributed by atoms with van der Waals surface area (Å²) in [6.07, 6.45) is 5.62. The first kappa shape index (κ1) is 22.0. The van der Waals surface area contributed by atoms with Crippen LogP contribution < -0.4 is 10.6 Å². The third kappa shape index (κ3) is 5.01. The lowest BCUT2D eigenvalue weighted by atomic mass is 9.95. The number of aromatic nitrogens is 3. The van der Waals surface area contributed by atoms with Crippen molar-refractivity contribution in [2.75, 3.05) is 17.7 Å². The van der Waals surface area contributed by atoms with E-state index >= 15 is 0 Å². The van der Waals surface area contributed by atoms with Crippen molar-refractivity contribution in [2.45, 2.75) is 32.2 Å². The molecule has 162 valence electrons. The number of benzene rings is 1. The average molecular weight is 496 g/mol. The molecule has 0 bridgehead atoms. The Morgan fingerprint density at radius 2 is 2.06 bits per heavy atom. The second kappa shape index (κ2) is 9.52. The molecule has 2 N–H and O–H groups in total. The molecule has 0 aliphatic heterocycles. The Balaban J connectivity index is 1.44. The zero-order valence-corrected chi connectivity index (χ0v) is 19.7. The molecule has 1 aliphatic carbocycles. The first-order chi connectivity index (χ1) is 14.9. The summed E-state index contributed by atoms with van der Waals surface area (Å²) < 4.78 is 6.66. The molecule has 0 fully saturated rings. The lowest BCUT2D eigenvalue weighted by Gasteiger charge is -2.12. The summed E-state index contributed by atoms with van der Waals surface area (Å²) in [6, 6.07) is 5.41. The van der Waals surface area contributed by atoms with Crippen molar-refractivity contribution in [3.05, 3.63) is 56.1 Å². The number of hydrogen-bond acceptors (Lipinski definition) is 6. The van der Waals surface area contributed by atoms with Gasteiger partial charge in [-0.3, -0.25) is 5.32 Å². The van der Waals surface area contributed by atoms with Crippen LogP contribution in [-0.4, -0.2) is 33.0 Å². The van der Waals surface area contributed by atoms with Crippen LogP contribution >= 0.6 is 46.8 Å². The fourth-order valence-corrected chi connectivity index (χ4v) is 5.32. The summed E-state index contributed by atoms with van der Waals surface area (Å²) >= 11 is 19.0. The van der Waals surface area contributed by atoms with Gasteiger partial charge in [0.05, 0.1) is 29.3 Å². The van der Waals surface area contributed by atoms with E-state index in [0.29, 0.717) is 38.2 Å². The number of anilines is 2. The van der Waals surface area contributed by atoms with Crippen LogP contribution in [0.2, 0.25) is 10.0 Å².